The van der Waals surface area contributed by atoms with Gasteiger partial charge in [0.1, 0.15) is 0 Å². The molecule has 144 valence electrons. The van der Waals surface area contributed by atoms with Gasteiger partial charge in [0.15, 0.2) is 0 Å². The molecule has 0 saturated carbocycles. The topological polar surface area (TPSA) is 29.0 Å². The lowest BCUT2D eigenvalue weighted by atomic mass is 9.91. The normalized spacial score (nSPS) is 12.0. The Kier molecular flexibility index (Phi) is 10.1. The predicted octanol–water partition coefficient (Wildman–Crippen LogP) is 6.42. The third kappa shape index (κ3) is 8.69. The van der Waals surface area contributed by atoms with Gasteiger partial charge >= 0.3 is 0 Å². The Morgan fingerprint density at radius 3 is 1.92 bits per heavy atom. The summed E-state index contributed by atoms with van der Waals surface area (Å²) in [5.41, 5.74) is 1.58. The van der Waals surface area contributed by atoms with E-state index in [0.717, 1.165) is 25.3 Å². The van der Waals surface area contributed by atoms with Crippen molar-refractivity contribution in [3.8, 4) is 0 Å². The zero-order valence-corrected chi connectivity index (χ0v) is 17.6. The van der Waals surface area contributed by atoms with Crippen LogP contribution in [0.3, 0.4) is 0 Å². The zero-order valence-electron chi connectivity index (χ0n) is 17.6. The van der Waals surface area contributed by atoms with Crippen LogP contribution in [0.2, 0.25) is 0 Å². The third-order valence-corrected chi connectivity index (χ3v) is 4.81. The molecule has 0 aliphatic heterocycles. The average Bonchev–Trinajstić information content (AvgIpc) is 2.57. The van der Waals surface area contributed by atoms with Crippen LogP contribution in [0.25, 0.3) is 0 Å². The van der Waals surface area contributed by atoms with Gasteiger partial charge in [0.2, 0.25) is 5.95 Å². The fraction of sp³-hybridized carbons (Fsp3) is 0.818. The Morgan fingerprint density at radius 1 is 0.920 bits per heavy atom. The molecule has 0 saturated heterocycles. The molecule has 3 heteroatoms. The summed E-state index contributed by atoms with van der Waals surface area (Å²) in [6, 6.07) is 0.569. The van der Waals surface area contributed by atoms with Crippen LogP contribution in [-0.2, 0) is 6.42 Å². The number of rotatable bonds is 12. The lowest BCUT2D eigenvalue weighted by Gasteiger charge is -2.34. The lowest BCUT2D eigenvalue weighted by Crippen LogP contribution is -2.39. The van der Waals surface area contributed by atoms with E-state index in [1.807, 2.05) is 12.4 Å². The first kappa shape index (κ1) is 21.9. The highest BCUT2D eigenvalue weighted by molar-refractivity contribution is 5.32. The van der Waals surface area contributed by atoms with E-state index in [2.05, 4.69) is 46.4 Å². The van der Waals surface area contributed by atoms with Crippen molar-refractivity contribution in [2.24, 2.45) is 5.41 Å². The molecule has 0 aromatic carbocycles. The number of aromatic nitrogens is 2. The maximum Gasteiger partial charge on any atom is 0.225 e. The van der Waals surface area contributed by atoms with E-state index in [1.54, 1.807) is 0 Å². The number of unbranched alkanes of at least 4 members (excludes halogenated alkanes) is 2. The SMILES string of the molecule is CCCCC(CCCC)N(CCC(C)(C)C)c1ncc(CCC)cn1. The summed E-state index contributed by atoms with van der Waals surface area (Å²) >= 11 is 0. The van der Waals surface area contributed by atoms with Gasteiger partial charge in [0.25, 0.3) is 0 Å². The number of hydrogen-bond acceptors (Lipinski definition) is 3. The van der Waals surface area contributed by atoms with Gasteiger partial charge in [-0.05, 0) is 36.7 Å². The van der Waals surface area contributed by atoms with E-state index < -0.39 is 0 Å². The van der Waals surface area contributed by atoms with E-state index in [0.29, 0.717) is 11.5 Å². The molecule has 0 spiro atoms. The van der Waals surface area contributed by atoms with Crippen LogP contribution in [0.5, 0.6) is 0 Å². The molecule has 3 nitrogen and oxygen atoms in total. The quantitative estimate of drug-likeness (QED) is 0.437. The highest BCUT2D eigenvalue weighted by Crippen LogP contribution is 2.25. The van der Waals surface area contributed by atoms with Crippen molar-refractivity contribution < 1.29 is 0 Å². The van der Waals surface area contributed by atoms with Gasteiger partial charge in [0.05, 0.1) is 0 Å². The molecule has 0 N–H and O–H groups in total. The van der Waals surface area contributed by atoms with Crippen LogP contribution in [0, 0.1) is 5.41 Å². The predicted molar refractivity (Wildman–Crippen MR) is 110 cm³/mol. The standard InChI is InChI=1S/C22H41N3/c1-7-10-13-20(14-11-8-2)25(16-15-22(4,5)6)21-23-17-19(12-9-3)18-24-21/h17-18,20H,7-16H2,1-6H3. The molecule has 1 heterocycles. The van der Waals surface area contributed by atoms with Crippen LogP contribution in [0.4, 0.5) is 5.95 Å². The zero-order chi connectivity index (χ0) is 18.7. The van der Waals surface area contributed by atoms with Crippen LogP contribution < -0.4 is 4.90 Å². The molecule has 0 aliphatic rings. The van der Waals surface area contributed by atoms with E-state index in [-0.39, 0.29) is 0 Å². The number of hydrogen-bond donors (Lipinski definition) is 0. The molecule has 0 radical (unpaired) electrons. The average molecular weight is 348 g/mol. The molecule has 0 amide bonds. The Balaban J connectivity index is 2.97. The van der Waals surface area contributed by atoms with Crippen LogP contribution >= 0.6 is 0 Å². The van der Waals surface area contributed by atoms with Gasteiger partial charge < -0.3 is 4.90 Å². The van der Waals surface area contributed by atoms with Crippen LogP contribution in [0.15, 0.2) is 12.4 Å². The summed E-state index contributed by atoms with van der Waals surface area (Å²) in [5.74, 6) is 0.932. The first-order valence-electron chi connectivity index (χ1n) is 10.5. The minimum atomic E-state index is 0.334. The van der Waals surface area contributed by atoms with Crippen molar-refractivity contribution >= 4 is 5.95 Å². The van der Waals surface area contributed by atoms with E-state index in [4.69, 9.17) is 9.97 Å². The second kappa shape index (κ2) is 11.5. The second-order valence-electron chi connectivity index (χ2n) is 8.58. The summed E-state index contributed by atoms with van der Waals surface area (Å²) < 4.78 is 0. The largest absolute Gasteiger partial charge is 0.338 e. The maximum absolute atomic E-state index is 4.75. The molecular weight excluding hydrogens is 306 g/mol. The van der Waals surface area contributed by atoms with Crippen molar-refractivity contribution in [2.45, 2.75) is 105 Å². The fourth-order valence-electron chi connectivity index (χ4n) is 3.15. The van der Waals surface area contributed by atoms with Crippen molar-refractivity contribution in [1.29, 1.82) is 0 Å². The molecular formula is C22H41N3. The molecule has 0 aliphatic carbocycles. The molecule has 1 rings (SSSR count). The molecule has 0 unspecified atom stereocenters. The van der Waals surface area contributed by atoms with Crippen molar-refractivity contribution in [2.75, 3.05) is 11.4 Å². The Morgan fingerprint density at radius 2 is 1.48 bits per heavy atom. The van der Waals surface area contributed by atoms with Gasteiger partial charge in [0, 0.05) is 25.0 Å². The molecule has 25 heavy (non-hydrogen) atoms. The van der Waals surface area contributed by atoms with Crippen LogP contribution in [-0.4, -0.2) is 22.6 Å². The summed E-state index contributed by atoms with van der Waals surface area (Å²) in [6.07, 6.45) is 15.0. The highest BCUT2D eigenvalue weighted by Gasteiger charge is 2.22. The first-order valence-corrected chi connectivity index (χ1v) is 10.5. The van der Waals surface area contributed by atoms with Crippen molar-refractivity contribution in [3.63, 3.8) is 0 Å². The summed E-state index contributed by atoms with van der Waals surface area (Å²) in [6.45, 7) is 14.8. The molecule has 0 atom stereocenters. The lowest BCUT2D eigenvalue weighted by molar-refractivity contribution is 0.361. The highest BCUT2D eigenvalue weighted by atomic mass is 15.3. The Labute approximate surface area is 156 Å². The van der Waals surface area contributed by atoms with Crippen molar-refractivity contribution in [1.82, 2.24) is 9.97 Å². The molecule has 1 aromatic rings. The number of anilines is 1. The second-order valence-corrected chi connectivity index (χ2v) is 8.58. The molecule has 0 bridgehead atoms. The number of aryl methyl sites for hydroxylation is 1. The first-order chi connectivity index (χ1) is 11.9. The molecule has 1 aromatic heterocycles. The summed E-state index contributed by atoms with van der Waals surface area (Å²) in [4.78, 5) is 12.0. The fourth-order valence-corrected chi connectivity index (χ4v) is 3.15. The van der Waals surface area contributed by atoms with Gasteiger partial charge in [-0.2, -0.15) is 0 Å². The van der Waals surface area contributed by atoms with E-state index >= 15 is 0 Å². The smallest absolute Gasteiger partial charge is 0.225 e. The van der Waals surface area contributed by atoms with Gasteiger partial charge in [-0.3, -0.25) is 0 Å². The summed E-state index contributed by atoms with van der Waals surface area (Å²) in [5, 5.41) is 0. The van der Waals surface area contributed by atoms with Crippen LogP contribution in [0.1, 0.15) is 98.5 Å². The minimum absolute atomic E-state index is 0.334. The molecule has 0 fully saturated rings. The van der Waals surface area contributed by atoms with E-state index in [9.17, 15) is 0 Å². The maximum atomic E-state index is 4.75. The van der Waals surface area contributed by atoms with E-state index in [1.165, 1.54) is 50.5 Å². The Bertz CT molecular complexity index is 439. The summed E-state index contributed by atoms with van der Waals surface area (Å²) in [7, 11) is 0. The van der Waals surface area contributed by atoms with Crippen molar-refractivity contribution in [3.05, 3.63) is 18.0 Å². The van der Waals surface area contributed by atoms with Gasteiger partial charge in [-0.1, -0.05) is 73.6 Å². The number of nitrogens with zero attached hydrogens (tertiary/aromatic N) is 3. The monoisotopic (exact) mass is 347 g/mol. The third-order valence-electron chi connectivity index (χ3n) is 4.81. The van der Waals surface area contributed by atoms with Gasteiger partial charge in [-0.25, -0.2) is 9.97 Å². The minimum Gasteiger partial charge on any atom is -0.338 e. The Hall–Kier alpha value is -1.12. The van der Waals surface area contributed by atoms with Gasteiger partial charge in [-0.15, -0.1) is 0 Å².